The SMILES string of the molecule is CC(C)C(=O)Nc1cccc(NC(=O)Cn2c(=O)oc3ccccc32)c1. The summed E-state index contributed by atoms with van der Waals surface area (Å²) in [6, 6.07) is 13.8. The number of anilines is 2. The van der Waals surface area contributed by atoms with Gasteiger partial charge in [0.1, 0.15) is 6.54 Å². The van der Waals surface area contributed by atoms with Gasteiger partial charge >= 0.3 is 5.76 Å². The molecule has 3 aromatic rings. The van der Waals surface area contributed by atoms with E-state index >= 15 is 0 Å². The summed E-state index contributed by atoms with van der Waals surface area (Å²) < 4.78 is 6.39. The molecule has 26 heavy (non-hydrogen) atoms. The zero-order valence-corrected chi connectivity index (χ0v) is 14.5. The highest BCUT2D eigenvalue weighted by molar-refractivity contribution is 5.95. The van der Waals surface area contributed by atoms with Gasteiger partial charge in [-0.05, 0) is 30.3 Å². The summed E-state index contributed by atoms with van der Waals surface area (Å²) in [5, 5.41) is 5.50. The third-order valence-electron chi connectivity index (χ3n) is 3.81. The fourth-order valence-corrected chi connectivity index (χ4v) is 2.47. The third-order valence-corrected chi connectivity index (χ3v) is 3.81. The van der Waals surface area contributed by atoms with Gasteiger partial charge in [0, 0.05) is 17.3 Å². The van der Waals surface area contributed by atoms with Crippen LogP contribution in [0.4, 0.5) is 11.4 Å². The average Bonchev–Trinajstić information content (AvgIpc) is 2.90. The molecule has 2 aromatic carbocycles. The lowest BCUT2D eigenvalue weighted by Gasteiger charge is -2.10. The third kappa shape index (κ3) is 3.83. The first-order chi connectivity index (χ1) is 12.4. The molecule has 0 bridgehead atoms. The van der Waals surface area contributed by atoms with Crippen LogP contribution in [0.3, 0.4) is 0 Å². The molecule has 2 N–H and O–H groups in total. The lowest BCUT2D eigenvalue weighted by molar-refractivity contribution is -0.119. The second kappa shape index (κ2) is 7.26. The first-order valence-electron chi connectivity index (χ1n) is 8.23. The number of carbonyl (C=O) groups is 2. The highest BCUT2D eigenvalue weighted by Crippen LogP contribution is 2.17. The summed E-state index contributed by atoms with van der Waals surface area (Å²) in [7, 11) is 0. The van der Waals surface area contributed by atoms with Gasteiger partial charge in [0.15, 0.2) is 5.58 Å². The van der Waals surface area contributed by atoms with Crippen molar-refractivity contribution in [2.24, 2.45) is 5.92 Å². The number of hydrogen-bond acceptors (Lipinski definition) is 4. The summed E-state index contributed by atoms with van der Waals surface area (Å²) in [4.78, 5) is 36.0. The van der Waals surface area contributed by atoms with E-state index in [9.17, 15) is 14.4 Å². The molecule has 0 saturated heterocycles. The van der Waals surface area contributed by atoms with Crippen LogP contribution in [0.2, 0.25) is 0 Å². The van der Waals surface area contributed by atoms with Crippen molar-refractivity contribution < 1.29 is 14.0 Å². The van der Waals surface area contributed by atoms with Crippen LogP contribution < -0.4 is 16.4 Å². The Morgan fingerprint density at radius 2 is 1.73 bits per heavy atom. The molecule has 1 heterocycles. The quantitative estimate of drug-likeness (QED) is 0.737. The summed E-state index contributed by atoms with van der Waals surface area (Å²) in [6.45, 7) is 3.43. The van der Waals surface area contributed by atoms with Crippen LogP contribution in [0.1, 0.15) is 13.8 Å². The molecule has 2 amide bonds. The fourth-order valence-electron chi connectivity index (χ4n) is 2.47. The van der Waals surface area contributed by atoms with E-state index < -0.39 is 5.76 Å². The van der Waals surface area contributed by atoms with Gasteiger partial charge in [0.2, 0.25) is 11.8 Å². The molecule has 0 spiro atoms. The minimum absolute atomic E-state index is 0.107. The maximum absolute atomic E-state index is 12.3. The van der Waals surface area contributed by atoms with Crippen LogP contribution in [-0.4, -0.2) is 16.4 Å². The topological polar surface area (TPSA) is 93.3 Å². The molecular formula is C19H19N3O4. The van der Waals surface area contributed by atoms with Gasteiger partial charge in [-0.15, -0.1) is 0 Å². The number of fused-ring (bicyclic) bond motifs is 1. The normalized spacial score (nSPS) is 10.9. The van der Waals surface area contributed by atoms with Crippen molar-refractivity contribution in [3.8, 4) is 0 Å². The molecule has 7 nitrogen and oxygen atoms in total. The van der Waals surface area contributed by atoms with E-state index in [1.165, 1.54) is 4.57 Å². The predicted octanol–water partition coefficient (Wildman–Crippen LogP) is 2.83. The van der Waals surface area contributed by atoms with Crippen molar-refractivity contribution in [1.82, 2.24) is 4.57 Å². The molecule has 7 heteroatoms. The van der Waals surface area contributed by atoms with E-state index in [0.717, 1.165) is 0 Å². The number of nitrogens with zero attached hydrogens (tertiary/aromatic N) is 1. The lowest BCUT2D eigenvalue weighted by atomic mass is 10.2. The predicted molar refractivity (Wildman–Crippen MR) is 99.0 cm³/mol. The van der Waals surface area contributed by atoms with Crippen molar-refractivity contribution in [2.45, 2.75) is 20.4 Å². The van der Waals surface area contributed by atoms with E-state index in [0.29, 0.717) is 22.5 Å². The maximum Gasteiger partial charge on any atom is 0.420 e. The van der Waals surface area contributed by atoms with Crippen molar-refractivity contribution >= 4 is 34.3 Å². The summed E-state index contributed by atoms with van der Waals surface area (Å²) in [5.74, 6) is -1.20. The number of carbonyl (C=O) groups excluding carboxylic acids is 2. The molecule has 3 rings (SSSR count). The van der Waals surface area contributed by atoms with Gasteiger partial charge in [0.25, 0.3) is 0 Å². The average molecular weight is 353 g/mol. The lowest BCUT2D eigenvalue weighted by Crippen LogP contribution is -2.24. The van der Waals surface area contributed by atoms with Crippen molar-refractivity contribution in [1.29, 1.82) is 0 Å². The van der Waals surface area contributed by atoms with Crippen LogP contribution in [0.5, 0.6) is 0 Å². The number of nitrogens with one attached hydrogen (secondary N) is 2. The van der Waals surface area contributed by atoms with E-state index in [1.807, 2.05) is 0 Å². The number of hydrogen-bond donors (Lipinski definition) is 2. The molecule has 1 aromatic heterocycles. The van der Waals surface area contributed by atoms with Crippen LogP contribution >= 0.6 is 0 Å². The Bertz CT molecular complexity index is 1020. The Labute approximate surface area is 149 Å². The molecule has 134 valence electrons. The first-order valence-corrected chi connectivity index (χ1v) is 8.23. The van der Waals surface area contributed by atoms with Crippen molar-refractivity contribution in [2.75, 3.05) is 10.6 Å². The molecular weight excluding hydrogens is 334 g/mol. The van der Waals surface area contributed by atoms with Crippen molar-refractivity contribution in [3.63, 3.8) is 0 Å². The highest BCUT2D eigenvalue weighted by Gasteiger charge is 2.13. The number of benzene rings is 2. The van der Waals surface area contributed by atoms with Gasteiger partial charge in [-0.1, -0.05) is 32.0 Å². The summed E-state index contributed by atoms with van der Waals surface area (Å²) in [6.07, 6.45) is 0. The summed E-state index contributed by atoms with van der Waals surface area (Å²) in [5.41, 5.74) is 2.11. The molecule has 0 saturated carbocycles. The van der Waals surface area contributed by atoms with E-state index in [2.05, 4.69) is 10.6 Å². The zero-order chi connectivity index (χ0) is 18.7. The number of para-hydroxylation sites is 2. The zero-order valence-electron chi connectivity index (χ0n) is 14.5. The molecule has 0 aliphatic heterocycles. The molecule has 0 aliphatic rings. The minimum atomic E-state index is -0.584. The molecule has 0 unspecified atom stereocenters. The molecule has 0 fully saturated rings. The standard InChI is InChI=1S/C19H19N3O4/c1-12(2)18(24)21-14-7-5-6-13(10-14)20-17(23)11-22-15-8-3-4-9-16(15)26-19(22)25/h3-10,12H,11H2,1-2H3,(H,20,23)(H,21,24). The maximum atomic E-state index is 12.3. The Morgan fingerprint density at radius 3 is 2.46 bits per heavy atom. The van der Waals surface area contributed by atoms with Gasteiger partial charge in [-0.2, -0.15) is 0 Å². The number of oxazole rings is 1. The Hall–Kier alpha value is -3.35. The van der Waals surface area contributed by atoms with Gasteiger partial charge in [0.05, 0.1) is 5.52 Å². The Balaban J connectivity index is 1.73. The van der Waals surface area contributed by atoms with Crippen LogP contribution in [0.15, 0.2) is 57.7 Å². The highest BCUT2D eigenvalue weighted by atomic mass is 16.4. The van der Waals surface area contributed by atoms with E-state index in [-0.39, 0.29) is 24.3 Å². The first kappa shape index (κ1) is 17.5. The Kier molecular flexibility index (Phi) is 4.88. The smallest absolute Gasteiger partial charge is 0.408 e. The van der Waals surface area contributed by atoms with Crippen LogP contribution in [0.25, 0.3) is 11.1 Å². The number of aromatic nitrogens is 1. The van der Waals surface area contributed by atoms with E-state index in [1.54, 1.807) is 62.4 Å². The summed E-state index contributed by atoms with van der Waals surface area (Å²) >= 11 is 0. The van der Waals surface area contributed by atoms with Crippen LogP contribution in [0, 0.1) is 5.92 Å². The van der Waals surface area contributed by atoms with Crippen molar-refractivity contribution in [3.05, 3.63) is 59.1 Å². The van der Waals surface area contributed by atoms with Gasteiger partial charge in [-0.3, -0.25) is 14.2 Å². The largest absolute Gasteiger partial charge is 0.420 e. The fraction of sp³-hybridized carbons (Fsp3) is 0.211. The van der Waals surface area contributed by atoms with E-state index in [4.69, 9.17) is 4.42 Å². The molecule has 0 atom stereocenters. The Morgan fingerprint density at radius 1 is 1.04 bits per heavy atom. The second-order valence-corrected chi connectivity index (χ2v) is 6.19. The number of amides is 2. The second-order valence-electron chi connectivity index (χ2n) is 6.19. The molecule has 0 radical (unpaired) electrons. The van der Waals surface area contributed by atoms with Gasteiger partial charge < -0.3 is 15.1 Å². The number of rotatable bonds is 5. The monoisotopic (exact) mass is 353 g/mol. The molecule has 0 aliphatic carbocycles. The van der Waals surface area contributed by atoms with Crippen LogP contribution in [-0.2, 0) is 16.1 Å². The van der Waals surface area contributed by atoms with Gasteiger partial charge in [-0.25, -0.2) is 4.79 Å². The minimum Gasteiger partial charge on any atom is -0.408 e.